The highest BCUT2D eigenvalue weighted by atomic mass is 16.5. The van der Waals surface area contributed by atoms with Crippen molar-refractivity contribution in [2.45, 2.75) is 26.7 Å². The lowest BCUT2D eigenvalue weighted by atomic mass is 10.3. The summed E-state index contributed by atoms with van der Waals surface area (Å²) >= 11 is 0. The first-order chi connectivity index (χ1) is 8.26. The van der Waals surface area contributed by atoms with Gasteiger partial charge in [-0.25, -0.2) is 9.97 Å². The summed E-state index contributed by atoms with van der Waals surface area (Å²) < 4.78 is 5.41. The summed E-state index contributed by atoms with van der Waals surface area (Å²) in [6.07, 6.45) is 3.68. The molecule has 4 nitrogen and oxygen atoms in total. The van der Waals surface area contributed by atoms with E-state index in [0.29, 0.717) is 6.61 Å². The smallest absolute Gasteiger partial charge is 0.130 e. The number of hydrogen-bond donors (Lipinski definition) is 1. The van der Waals surface area contributed by atoms with Crippen molar-refractivity contribution >= 4 is 5.82 Å². The molecule has 0 aliphatic heterocycles. The van der Waals surface area contributed by atoms with Crippen LogP contribution in [0.15, 0.2) is 18.7 Å². The fourth-order valence-electron chi connectivity index (χ4n) is 1.42. The second-order valence-electron chi connectivity index (χ2n) is 3.76. The molecule has 0 aromatic carbocycles. The van der Waals surface area contributed by atoms with E-state index in [1.807, 2.05) is 19.1 Å². The first kappa shape index (κ1) is 13.6. The lowest BCUT2D eigenvalue weighted by molar-refractivity contribution is 0.149. The molecule has 1 heterocycles. The molecule has 0 amide bonds. The number of nitrogens with one attached hydrogen (secondary N) is 1. The van der Waals surface area contributed by atoms with E-state index in [0.717, 1.165) is 43.3 Å². The normalized spacial score (nSPS) is 10.2. The van der Waals surface area contributed by atoms with Gasteiger partial charge in [-0.3, -0.25) is 0 Å². The summed E-state index contributed by atoms with van der Waals surface area (Å²) in [6, 6.07) is 1.98. The van der Waals surface area contributed by atoms with Crippen molar-refractivity contribution in [1.82, 2.24) is 9.97 Å². The van der Waals surface area contributed by atoms with Gasteiger partial charge in [-0.15, -0.1) is 6.58 Å². The highest BCUT2D eigenvalue weighted by molar-refractivity contribution is 5.35. The summed E-state index contributed by atoms with van der Waals surface area (Å²) in [5.41, 5.74) is 1.06. The van der Waals surface area contributed by atoms with Crippen LogP contribution >= 0.6 is 0 Å². The molecule has 94 valence electrons. The topological polar surface area (TPSA) is 47.0 Å². The van der Waals surface area contributed by atoms with Gasteiger partial charge in [0.15, 0.2) is 0 Å². The molecule has 0 bridgehead atoms. The molecule has 0 aliphatic carbocycles. The van der Waals surface area contributed by atoms with Crippen molar-refractivity contribution in [1.29, 1.82) is 0 Å². The Morgan fingerprint density at radius 3 is 2.94 bits per heavy atom. The summed E-state index contributed by atoms with van der Waals surface area (Å²) in [7, 11) is 0. The number of aromatic nitrogens is 2. The van der Waals surface area contributed by atoms with E-state index in [2.05, 4.69) is 28.8 Å². The van der Waals surface area contributed by atoms with Crippen LogP contribution in [-0.4, -0.2) is 29.7 Å². The van der Waals surface area contributed by atoms with Crippen molar-refractivity contribution in [3.63, 3.8) is 0 Å². The fourth-order valence-corrected chi connectivity index (χ4v) is 1.42. The van der Waals surface area contributed by atoms with E-state index >= 15 is 0 Å². The van der Waals surface area contributed by atoms with E-state index in [1.165, 1.54) is 0 Å². The number of ether oxygens (including phenoxy) is 1. The van der Waals surface area contributed by atoms with Gasteiger partial charge < -0.3 is 10.1 Å². The third-order valence-electron chi connectivity index (χ3n) is 2.27. The second kappa shape index (κ2) is 7.79. The molecule has 0 aliphatic rings. The summed E-state index contributed by atoms with van der Waals surface area (Å²) in [4.78, 5) is 8.65. The lowest BCUT2D eigenvalue weighted by Gasteiger charge is -2.08. The molecule has 4 heteroatoms. The average Bonchev–Trinajstić information content (AvgIpc) is 2.33. The predicted molar refractivity (Wildman–Crippen MR) is 70.3 cm³/mol. The van der Waals surface area contributed by atoms with Gasteiger partial charge in [0.1, 0.15) is 11.6 Å². The van der Waals surface area contributed by atoms with Crippen molar-refractivity contribution < 1.29 is 4.74 Å². The summed E-state index contributed by atoms with van der Waals surface area (Å²) in [5.74, 6) is 1.68. The van der Waals surface area contributed by atoms with E-state index < -0.39 is 0 Å². The summed E-state index contributed by atoms with van der Waals surface area (Å²) in [5, 5.41) is 3.24. The van der Waals surface area contributed by atoms with Gasteiger partial charge in [0.2, 0.25) is 0 Å². The largest absolute Gasteiger partial charge is 0.379 e. The monoisotopic (exact) mass is 235 g/mol. The summed E-state index contributed by atoms with van der Waals surface area (Å²) in [6.45, 7) is 9.81. The molecule has 0 saturated heterocycles. The van der Waals surface area contributed by atoms with Gasteiger partial charge in [0, 0.05) is 18.3 Å². The molecular formula is C13H21N3O. The highest BCUT2D eigenvalue weighted by Crippen LogP contribution is 2.06. The quantitative estimate of drug-likeness (QED) is 0.555. The van der Waals surface area contributed by atoms with Crippen LogP contribution in [0.4, 0.5) is 5.82 Å². The maximum atomic E-state index is 5.41. The third-order valence-corrected chi connectivity index (χ3v) is 2.27. The number of hydrogen-bond acceptors (Lipinski definition) is 4. The first-order valence-corrected chi connectivity index (χ1v) is 6.03. The zero-order valence-electron chi connectivity index (χ0n) is 10.7. The molecule has 0 spiro atoms. The molecule has 1 aromatic heterocycles. The van der Waals surface area contributed by atoms with Gasteiger partial charge in [-0.1, -0.05) is 13.0 Å². The van der Waals surface area contributed by atoms with Crippen molar-refractivity contribution in [2.75, 3.05) is 25.1 Å². The standard InChI is InChI=1S/C13H21N3O/c1-4-6-8-17-9-7-14-13-10-12(5-2)15-11(3)16-13/h4,10H,1,5-9H2,2-3H3,(H,14,15,16). The minimum Gasteiger partial charge on any atom is -0.379 e. The Balaban J connectivity index is 2.31. The average molecular weight is 235 g/mol. The minimum absolute atomic E-state index is 0.679. The van der Waals surface area contributed by atoms with Gasteiger partial charge >= 0.3 is 0 Å². The van der Waals surface area contributed by atoms with Gasteiger partial charge in [0.05, 0.1) is 13.2 Å². The fraction of sp³-hybridized carbons (Fsp3) is 0.538. The van der Waals surface area contributed by atoms with Crippen LogP contribution in [0.3, 0.4) is 0 Å². The van der Waals surface area contributed by atoms with Gasteiger partial charge in [0.25, 0.3) is 0 Å². The highest BCUT2D eigenvalue weighted by Gasteiger charge is 1.99. The van der Waals surface area contributed by atoms with E-state index in [9.17, 15) is 0 Å². The Hall–Kier alpha value is -1.42. The maximum Gasteiger partial charge on any atom is 0.130 e. The van der Waals surface area contributed by atoms with Gasteiger partial charge in [-0.2, -0.15) is 0 Å². The van der Waals surface area contributed by atoms with Crippen LogP contribution < -0.4 is 5.32 Å². The van der Waals surface area contributed by atoms with Crippen LogP contribution in [0.2, 0.25) is 0 Å². The van der Waals surface area contributed by atoms with Gasteiger partial charge in [-0.05, 0) is 19.8 Å². The number of aryl methyl sites for hydroxylation is 2. The third kappa shape index (κ3) is 5.45. The van der Waals surface area contributed by atoms with Crippen LogP contribution in [0, 0.1) is 6.92 Å². The van der Waals surface area contributed by atoms with E-state index in [1.54, 1.807) is 0 Å². The molecule has 0 fully saturated rings. The Bertz CT molecular complexity index is 353. The van der Waals surface area contributed by atoms with Crippen LogP contribution in [0.25, 0.3) is 0 Å². The zero-order chi connectivity index (χ0) is 12.5. The molecule has 0 radical (unpaired) electrons. The van der Waals surface area contributed by atoms with Crippen LogP contribution in [0.5, 0.6) is 0 Å². The molecule has 17 heavy (non-hydrogen) atoms. The van der Waals surface area contributed by atoms with E-state index in [-0.39, 0.29) is 0 Å². The molecule has 1 rings (SSSR count). The Kier molecular flexibility index (Phi) is 6.25. The minimum atomic E-state index is 0.679. The van der Waals surface area contributed by atoms with E-state index in [4.69, 9.17) is 4.74 Å². The van der Waals surface area contributed by atoms with Crippen LogP contribution in [0.1, 0.15) is 24.9 Å². The Morgan fingerprint density at radius 2 is 2.24 bits per heavy atom. The van der Waals surface area contributed by atoms with Crippen LogP contribution in [-0.2, 0) is 11.2 Å². The molecular weight excluding hydrogens is 214 g/mol. The Morgan fingerprint density at radius 1 is 1.41 bits per heavy atom. The van der Waals surface area contributed by atoms with Crippen molar-refractivity contribution in [2.24, 2.45) is 0 Å². The Labute approximate surface area is 103 Å². The maximum absolute atomic E-state index is 5.41. The second-order valence-corrected chi connectivity index (χ2v) is 3.76. The molecule has 1 N–H and O–H groups in total. The number of anilines is 1. The molecule has 1 aromatic rings. The zero-order valence-corrected chi connectivity index (χ0v) is 10.7. The number of rotatable bonds is 8. The predicted octanol–water partition coefficient (Wildman–Crippen LogP) is 2.35. The number of nitrogens with zero attached hydrogens (tertiary/aromatic N) is 2. The molecule has 0 saturated carbocycles. The molecule has 0 unspecified atom stereocenters. The lowest BCUT2D eigenvalue weighted by Crippen LogP contribution is -2.12. The first-order valence-electron chi connectivity index (χ1n) is 6.03. The molecule has 0 atom stereocenters. The van der Waals surface area contributed by atoms with Crippen molar-refractivity contribution in [3.8, 4) is 0 Å². The van der Waals surface area contributed by atoms with Crippen molar-refractivity contribution in [3.05, 3.63) is 30.2 Å². The SMILES string of the molecule is C=CCCOCCNc1cc(CC)nc(C)n1.